The number of likely N-dealkylation sites (tertiary alicyclic amines) is 1. The fraction of sp³-hybridized carbons (Fsp3) is 0.368. The number of carbonyl (C=O) groups excluding carboxylic acids is 1. The number of aromatic hydroxyl groups is 1. The van der Waals surface area contributed by atoms with Crippen LogP contribution in [-0.2, 0) is 6.42 Å². The van der Waals surface area contributed by atoms with E-state index in [-0.39, 0.29) is 23.3 Å². The molecule has 2 N–H and O–H groups in total. The largest absolute Gasteiger partial charge is 0.508 e. The number of aryl methyl sites for hydroxylation is 1. The summed E-state index contributed by atoms with van der Waals surface area (Å²) in [5.41, 5.74) is 0.817. The number of aromatic amines is 1. The first-order chi connectivity index (χ1) is 12.0. The van der Waals surface area contributed by atoms with Gasteiger partial charge in [-0.15, -0.1) is 0 Å². The van der Waals surface area contributed by atoms with Gasteiger partial charge in [-0.25, -0.2) is 0 Å². The molecule has 1 saturated heterocycles. The fourth-order valence-corrected chi connectivity index (χ4v) is 3.50. The van der Waals surface area contributed by atoms with Crippen LogP contribution in [0.25, 0.3) is 0 Å². The zero-order valence-corrected chi connectivity index (χ0v) is 14.6. The van der Waals surface area contributed by atoms with Gasteiger partial charge in [-0.3, -0.25) is 9.59 Å². The molecule has 132 valence electrons. The van der Waals surface area contributed by atoms with Crippen LogP contribution in [0.15, 0.2) is 41.3 Å². The van der Waals surface area contributed by atoms with Crippen molar-refractivity contribution in [2.75, 3.05) is 6.54 Å². The van der Waals surface area contributed by atoms with E-state index in [9.17, 15) is 14.7 Å². The molecule has 0 unspecified atom stereocenters. The number of nitrogens with one attached hydrogen (secondary N) is 1. The number of piperidine rings is 1. The van der Waals surface area contributed by atoms with Crippen LogP contribution >= 0.6 is 11.6 Å². The second-order valence-electron chi connectivity index (χ2n) is 6.41. The number of nitrogens with zero attached hydrogens (tertiary/aromatic N) is 1. The maximum Gasteiger partial charge on any atom is 0.260 e. The molecule has 1 atom stereocenters. The van der Waals surface area contributed by atoms with Gasteiger partial charge in [-0.2, -0.15) is 0 Å². The number of aromatic nitrogens is 1. The third kappa shape index (κ3) is 4.23. The third-order valence-corrected chi connectivity index (χ3v) is 4.91. The van der Waals surface area contributed by atoms with Crippen molar-refractivity contribution in [2.45, 2.75) is 38.1 Å². The Labute approximate surface area is 151 Å². The molecular formula is C19H21ClN2O3. The molecule has 0 radical (unpaired) electrons. The molecule has 0 aliphatic carbocycles. The molecule has 2 aromatic rings. The number of carbonyl (C=O) groups is 1. The molecule has 0 saturated carbocycles. The van der Waals surface area contributed by atoms with E-state index in [1.807, 2.05) is 17.0 Å². The Morgan fingerprint density at radius 1 is 1.28 bits per heavy atom. The van der Waals surface area contributed by atoms with Crippen LogP contribution < -0.4 is 5.56 Å². The van der Waals surface area contributed by atoms with E-state index in [1.54, 1.807) is 12.1 Å². The minimum atomic E-state index is -0.405. The molecule has 2 heterocycles. The smallest absolute Gasteiger partial charge is 0.260 e. The Kier molecular flexibility index (Phi) is 5.43. The van der Waals surface area contributed by atoms with Crippen molar-refractivity contribution < 1.29 is 9.90 Å². The summed E-state index contributed by atoms with van der Waals surface area (Å²) in [6.45, 7) is 0.658. The Bertz CT molecular complexity index is 801. The number of hydrogen-bond donors (Lipinski definition) is 2. The SMILES string of the molecule is O=C(c1cc(Cl)c[nH]c1=O)N1CCCC[C@H]1CCc1ccc(O)cc1. The highest BCUT2D eigenvalue weighted by Gasteiger charge is 2.28. The summed E-state index contributed by atoms with van der Waals surface area (Å²) in [5.74, 6) is -0.00226. The maximum atomic E-state index is 12.9. The summed E-state index contributed by atoms with van der Waals surface area (Å²) < 4.78 is 0. The lowest BCUT2D eigenvalue weighted by molar-refractivity contribution is 0.0600. The van der Waals surface area contributed by atoms with Crippen molar-refractivity contribution in [1.29, 1.82) is 0 Å². The van der Waals surface area contributed by atoms with Gasteiger partial charge in [-0.1, -0.05) is 23.7 Å². The predicted octanol–water partition coefficient (Wildman–Crippen LogP) is 3.36. The highest BCUT2D eigenvalue weighted by molar-refractivity contribution is 6.30. The van der Waals surface area contributed by atoms with Crippen molar-refractivity contribution in [2.24, 2.45) is 0 Å². The summed E-state index contributed by atoms with van der Waals surface area (Å²) >= 11 is 5.93. The minimum absolute atomic E-state index is 0.101. The maximum absolute atomic E-state index is 12.9. The summed E-state index contributed by atoms with van der Waals surface area (Å²) in [4.78, 5) is 29.2. The molecule has 0 spiro atoms. The summed E-state index contributed by atoms with van der Waals surface area (Å²) in [5, 5.41) is 9.71. The zero-order chi connectivity index (χ0) is 17.8. The van der Waals surface area contributed by atoms with Gasteiger partial charge in [0.1, 0.15) is 11.3 Å². The number of phenolic OH excluding ortho intramolecular Hbond substituents is 1. The van der Waals surface area contributed by atoms with Crippen molar-refractivity contribution in [1.82, 2.24) is 9.88 Å². The van der Waals surface area contributed by atoms with E-state index < -0.39 is 5.56 Å². The number of halogens is 1. The van der Waals surface area contributed by atoms with Crippen molar-refractivity contribution in [3.05, 3.63) is 63.0 Å². The predicted molar refractivity (Wildman–Crippen MR) is 97.2 cm³/mol. The topological polar surface area (TPSA) is 73.4 Å². The molecular weight excluding hydrogens is 340 g/mol. The lowest BCUT2D eigenvalue weighted by Gasteiger charge is -2.36. The Hall–Kier alpha value is -2.27. The van der Waals surface area contributed by atoms with Crippen LogP contribution in [-0.4, -0.2) is 33.5 Å². The van der Waals surface area contributed by atoms with Gasteiger partial charge in [0.15, 0.2) is 0 Å². The Morgan fingerprint density at radius 2 is 2.04 bits per heavy atom. The second-order valence-corrected chi connectivity index (χ2v) is 6.85. The molecule has 25 heavy (non-hydrogen) atoms. The van der Waals surface area contributed by atoms with Gasteiger partial charge < -0.3 is 15.0 Å². The Balaban J connectivity index is 1.74. The lowest BCUT2D eigenvalue weighted by atomic mass is 9.95. The lowest BCUT2D eigenvalue weighted by Crippen LogP contribution is -2.45. The molecule has 1 aliphatic heterocycles. The number of phenols is 1. The molecule has 5 nitrogen and oxygen atoms in total. The molecule has 1 fully saturated rings. The monoisotopic (exact) mass is 360 g/mol. The highest BCUT2D eigenvalue weighted by atomic mass is 35.5. The fourth-order valence-electron chi connectivity index (χ4n) is 3.33. The quantitative estimate of drug-likeness (QED) is 0.878. The second kappa shape index (κ2) is 7.74. The van der Waals surface area contributed by atoms with Gasteiger partial charge in [0.25, 0.3) is 11.5 Å². The van der Waals surface area contributed by atoms with Crippen LogP contribution in [0, 0.1) is 0 Å². The first-order valence-electron chi connectivity index (χ1n) is 8.51. The molecule has 1 aliphatic rings. The molecule has 1 aromatic heterocycles. The third-order valence-electron chi connectivity index (χ3n) is 4.69. The number of benzene rings is 1. The van der Waals surface area contributed by atoms with E-state index in [2.05, 4.69) is 4.98 Å². The minimum Gasteiger partial charge on any atom is -0.508 e. The summed E-state index contributed by atoms with van der Waals surface area (Å²) in [7, 11) is 0. The van der Waals surface area contributed by atoms with Crippen LogP contribution in [0.3, 0.4) is 0 Å². The molecule has 0 bridgehead atoms. The van der Waals surface area contributed by atoms with E-state index in [4.69, 9.17) is 11.6 Å². The van der Waals surface area contributed by atoms with Gasteiger partial charge in [-0.05, 0) is 55.9 Å². The van der Waals surface area contributed by atoms with Gasteiger partial charge in [0, 0.05) is 18.8 Å². The van der Waals surface area contributed by atoms with E-state index in [0.29, 0.717) is 11.6 Å². The highest BCUT2D eigenvalue weighted by Crippen LogP contribution is 2.24. The Morgan fingerprint density at radius 3 is 2.80 bits per heavy atom. The van der Waals surface area contributed by atoms with Crippen LogP contribution in [0.5, 0.6) is 5.75 Å². The number of rotatable bonds is 4. The van der Waals surface area contributed by atoms with Crippen molar-refractivity contribution in [3.8, 4) is 5.75 Å². The van der Waals surface area contributed by atoms with Crippen LogP contribution in [0.4, 0.5) is 0 Å². The number of H-pyrrole nitrogens is 1. The normalized spacial score (nSPS) is 17.5. The number of hydrogen-bond acceptors (Lipinski definition) is 3. The van der Waals surface area contributed by atoms with Gasteiger partial charge in [0.05, 0.1) is 5.02 Å². The molecule has 1 aromatic carbocycles. The first kappa shape index (κ1) is 17.5. The van der Waals surface area contributed by atoms with Gasteiger partial charge >= 0.3 is 0 Å². The summed E-state index contributed by atoms with van der Waals surface area (Å²) in [6, 6.07) is 8.68. The summed E-state index contributed by atoms with van der Waals surface area (Å²) in [6.07, 6.45) is 5.99. The standard InChI is InChI=1S/C19H21ClN2O3/c20-14-11-17(18(24)21-12-14)19(25)22-10-2-1-3-15(22)7-4-13-5-8-16(23)9-6-13/h5-6,8-9,11-12,15,23H,1-4,7,10H2,(H,21,24)/t15-/m0/s1. The van der Waals surface area contributed by atoms with E-state index >= 15 is 0 Å². The van der Waals surface area contributed by atoms with E-state index in [0.717, 1.165) is 37.7 Å². The number of pyridine rings is 1. The zero-order valence-electron chi connectivity index (χ0n) is 13.9. The average Bonchev–Trinajstić information content (AvgIpc) is 2.63. The van der Waals surface area contributed by atoms with Crippen molar-refractivity contribution in [3.63, 3.8) is 0 Å². The molecule has 1 amide bonds. The first-order valence-corrected chi connectivity index (χ1v) is 8.89. The molecule has 6 heteroatoms. The van der Waals surface area contributed by atoms with Gasteiger partial charge in [0.2, 0.25) is 0 Å². The van der Waals surface area contributed by atoms with Crippen molar-refractivity contribution >= 4 is 17.5 Å². The van der Waals surface area contributed by atoms with E-state index in [1.165, 1.54) is 12.3 Å². The molecule has 3 rings (SSSR count). The average molecular weight is 361 g/mol. The van der Waals surface area contributed by atoms with Crippen LogP contribution in [0.1, 0.15) is 41.6 Å². The van der Waals surface area contributed by atoms with Crippen LogP contribution in [0.2, 0.25) is 5.02 Å². The number of amides is 1.